The average molecular weight is 379 g/mol. The van der Waals surface area contributed by atoms with Crippen LogP contribution in [0, 0.1) is 0 Å². The minimum atomic E-state index is -0.157. The second kappa shape index (κ2) is 8.31. The molecule has 4 rings (SSSR count). The molecule has 0 radical (unpaired) electrons. The molecule has 0 aliphatic heterocycles. The summed E-state index contributed by atoms with van der Waals surface area (Å²) >= 11 is 1.64. The van der Waals surface area contributed by atoms with E-state index in [-0.39, 0.29) is 12.0 Å². The monoisotopic (exact) mass is 379 g/mol. The fraction of sp³-hybridized carbons (Fsp3) is 0.286. The van der Waals surface area contributed by atoms with Crippen LogP contribution < -0.4 is 10.1 Å². The van der Waals surface area contributed by atoms with Gasteiger partial charge in [0.25, 0.3) is 5.91 Å². The Kier molecular flexibility index (Phi) is 5.44. The molecule has 0 spiro atoms. The SMILES string of the molecule is O=C(NCc1cccnc1-c1cccs1)c1ccc(OC2CCCC2)nc1. The van der Waals surface area contributed by atoms with Crippen molar-refractivity contribution in [3.8, 4) is 16.5 Å². The lowest BCUT2D eigenvalue weighted by atomic mass is 10.1. The van der Waals surface area contributed by atoms with Crippen LogP contribution in [0.1, 0.15) is 41.6 Å². The summed E-state index contributed by atoms with van der Waals surface area (Å²) in [5.74, 6) is 0.432. The first-order valence-corrected chi connectivity index (χ1v) is 10.1. The van der Waals surface area contributed by atoms with Gasteiger partial charge in [0, 0.05) is 25.0 Å². The maximum atomic E-state index is 12.5. The van der Waals surface area contributed by atoms with Gasteiger partial charge in [0.2, 0.25) is 5.88 Å². The molecule has 0 unspecified atom stereocenters. The van der Waals surface area contributed by atoms with Crippen LogP contribution in [-0.2, 0) is 6.54 Å². The van der Waals surface area contributed by atoms with Gasteiger partial charge in [-0.1, -0.05) is 12.1 Å². The molecular formula is C21H21N3O2S. The second-order valence-corrected chi connectivity index (χ2v) is 7.53. The van der Waals surface area contributed by atoms with E-state index in [1.165, 1.54) is 12.8 Å². The molecule has 6 heteroatoms. The van der Waals surface area contributed by atoms with Crippen molar-refractivity contribution < 1.29 is 9.53 Å². The molecule has 0 saturated heterocycles. The smallest absolute Gasteiger partial charge is 0.253 e. The van der Waals surface area contributed by atoms with Crippen LogP contribution in [0.2, 0.25) is 0 Å². The number of amides is 1. The van der Waals surface area contributed by atoms with Gasteiger partial charge in [0.05, 0.1) is 16.1 Å². The standard InChI is InChI=1S/C21H21N3O2S/c25-21(16-9-10-19(23-14-16)26-17-6-1-2-7-17)24-13-15-5-3-11-22-20(15)18-8-4-12-27-18/h3-5,8-12,14,17H,1-2,6-7,13H2,(H,24,25). The Hall–Kier alpha value is -2.73. The molecule has 1 amide bonds. The van der Waals surface area contributed by atoms with Crippen molar-refractivity contribution in [3.05, 3.63) is 65.3 Å². The first kappa shape index (κ1) is 17.7. The minimum Gasteiger partial charge on any atom is -0.474 e. The van der Waals surface area contributed by atoms with Gasteiger partial charge in [-0.3, -0.25) is 9.78 Å². The van der Waals surface area contributed by atoms with Crippen molar-refractivity contribution in [2.75, 3.05) is 0 Å². The van der Waals surface area contributed by atoms with Gasteiger partial charge < -0.3 is 10.1 Å². The van der Waals surface area contributed by atoms with Gasteiger partial charge in [-0.25, -0.2) is 4.98 Å². The Morgan fingerprint density at radius 2 is 2.04 bits per heavy atom. The molecule has 3 aromatic rings. The highest BCUT2D eigenvalue weighted by Crippen LogP contribution is 2.26. The Balaban J connectivity index is 1.38. The van der Waals surface area contributed by atoms with Gasteiger partial charge in [0.15, 0.2) is 0 Å². The van der Waals surface area contributed by atoms with E-state index in [2.05, 4.69) is 15.3 Å². The van der Waals surface area contributed by atoms with E-state index in [0.29, 0.717) is 18.0 Å². The van der Waals surface area contributed by atoms with Gasteiger partial charge in [0.1, 0.15) is 6.10 Å². The van der Waals surface area contributed by atoms with Crippen molar-refractivity contribution >= 4 is 17.2 Å². The number of nitrogens with zero attached hydrogens (tertiary/aromatic N) is 2. The molecule has 138 valence electrons. The zero-order valence-corrected chi connectivity index (χ0v) is 15.7. The lowest BCUT2D eigenvalue weighted by Gasteiger charge is -2.12. The highest BCUT2D eigenvalue weighted by Gasteiger charge is 2.17. The average Bonchev–Trinajstić information content (AvgIpc) is 3.41. The van der Waals surface area contributed by atoms with E-state index in [1.807, 2.05) is 29.6 Å². The molecule has 1 fully saturated rings. The maximum absolute atomic E-state index is 12.5. The third-order valence-corrected chi connectivity index (χ3v) is 5.55. The molecule has 0 atom stereocenters. The van der Waals surface area contributed by atoms with Crippen LogP contribution >= 0.6 is 11.3 Å². The fourth-order valence-electron chi connectivity index (χ4n) is 3.26. The lowest BCUT2D eigenvalue weighted by molar-refractivity contribution is 0.0950. The Bertz CT molecular complexity index is 888. The van der Waals surface area contributed by atoms with Crippen LogP contribution in [-0.4, -0.2) is 22.0 Å². The quantitative estimate of drug-likeness (QED) is 0.687. The number of hydrogen-bond acceptors (Lipinski definition) is 5. The highest BCUT2D eigenvalue weighted by atomic mass is 32.1. The number of aromatic nitrogens is 2. The summed E-state index contributed by atoms with van der Waals surface area (Å²) in [5.41, 5.74) is 2.42. The molecule has 3 heterocycles. The number of thiophene rings is 1. The summed E-state index contributed by atoms with van der Waals surface area (Å²) in [4.78, 5) is 22.3. The number of carbonyl (C=O) groups excluding carboxylic acids is 1. The van der Waals surface area contributed by atoms with E-state index in [0.717, 1.165) is 29.0 Å². The van der Waals surface area contributed by atoms with E-state index in [4.69, 9.17) is 4.74 Å². The summed E-state index contributed by atoms with van der Waals surface area (Å²) in [5, 5.41) is 4.98. The molecule has 0 bridgehead atoms. The van der Waals surface area contributed by atoms with Gasteiger partial charge >= 0.3 is 0 Å². The summed E-state index contributed by atoms with van der Waals surface area (Å²) in [6, 6.07) is 11.4. The normalized spacial score (nSPS) is 14.2. The van der Waals surface area contributed by atoms with Crippen molar-refractivity contribution in [1.82, 2.24) is 15.3 Å². The summed E-state index contributed by atoms with van der Waals surface area (Å²) in [6.45, 7) is 0.417. The Labute approximate surface area is 162 Å². The topological polar surface area (TPSA) is 64.1 Å². The largest absolute Gasteiger partial charge is 0.474 e. The lowest BCUT2D eigenvalue weighted by Crippen LogP contribution is -2.23. The zero-order chi connectivity index (χ0) is 18.5. The first-order chi connectivity index (χ1) is 13.3. The van der Waals surface area contributed by atoms with Crippen molar-refractivity contribution in [3.63, 3.8) is 0 Å². The first-order valence-electron chi connectivity index (χ1n) is 9.18. The molecule has 1 N–H and O–H groups in total. The van der Waals surface area contributed by atoms with Crippen LogP contribution in [0.3, 0.4) is 0 Å². The molecule has 0 aromatic carbocycles. The molecule has 1 aliphatic rings. The van der Waals surface area contributed by atoms with E-state index in [1.54, 1.807) is 35.9 Å². The third-order valence-electron chi connectivity index (χ3n) is 4.67. The summed E-state index contributed by atoms with van der Waals surface area (Å²) < 4.78 is 5.85. The van der Waals surface area contributed by atoms with Crippen LogP contribution in [0.15, 0.2) is 54.2 Å². The van der Waals surface area contributed by atoms with Crippen LogP contribution in [0.5, 0.6) is 5.88 Å². The highest BCUT2D eigenvalue weighted by molar-refractivity contribution is 7.13. The molecule has 1 saturated carbocycles. The second-order valence-electron chi connectivity index (χ2n) is 6.58. The third kappa shape index (κ3) is 4.34. The summed E-state index contributed by atoms with van der Waals surface area (Å²) in [7, 11) is 0. The van der Waals surface area contributed by atoms with E-state index >= 15 is 0 Å². The number of pyridine rings is 2. The molecule has 3 aromatic heterocycles. The molecule has 5 nitrogen and oxygen atoms in total. The number of carbonyl (C=O) groups is 1. The van der Waals surface area contributed by atoms with Gasteiger partial charge in [-0.2, -0.15) is 0 Å². The predicted molar refractivity (Wildman–Crippen MR) is 106 cm³/mol. The van der Waals surface area contributed by atoms with E-state index in [9.17, 15) is 4.79 Å². The molecular weight excluding hydrogens is 358 g/mol. The van der Waals surface area contributed by atoms with Crippen LogP contribution in [0.4, 0.5) is 0 Å². The molecule has 27 heavy (non-hydrogen) atoms. The summed E-state index contributed by atoms with van der Waals surface area (Å²) in [6.07, 6.45) is 8.21. The number of nitrogens with one attached hydrogen (secondary N) is 1. The maximum Gasteiger partial charge on any atom is 0.253 e. The van der Waals surface area contributed by atoms with E-state index < -0.39 is 0 Å². The number of rotatable bonds is 6. The number of ether oxygens (including phenoxy) is 1. The van der Waals surface area contributed by atoms with Crippen LogP contribution in [0.25, 0.3) is 10.6 Å². The fourth-order valence-corrected chi connectivity index (χ4v) is 4.01. The molecule has 1 aliphatic carbocycles. The number of hydrogen-bond donors (Lipinski definition) is 1. The Morgan fingerprint density at radius 3 is 2.78 bits per heavy atom. The predicted octanol–water partition coefficient (Wildman–Crippen LogP) is 4.46. The zero-order valence-electron chi connectivity index (χ0n) is 14.9. The van der Waals surface area contributed by atoms with Crippen molar-refractivity contribution in [1.29, 1.82) is 0 Å². The Morgan fingerprint density at radius 1 is 1.15 bits per heavy atom. The van der Waals surface area contributed by atoms with Crippen molar-refractivity contribution in [2.45, 2.75) is 38.3 Å². The van der Waals surface area contributed by atoms with Crippen molar-refractivity contribution in [2.24, 2.45) is 0 Å². The van der Waals surface area contributed by atoms with Gasteiger partial charge in [-0.15, -0.1) is 11.3 Å². The minimum absolute atomic E-state index is 0.157. The van der Waals surface area contributed by atoms with Gasteiger partial charge in [-0.05, 0) is 54.8 Å².